The van der Waals surface area contributed by atoms with Crippen molar-refractivity contribution in [2.24, 2.45) is 5.92 Å². The number of fused-ring (bicyclic) bond motifs is 1. The third-order valence-electron chi connectivity index (χ3n) is 4.42. The van der Waals surface area contributed by atoms with Crippen LogP contribution in [-0.2, 0) is 11.3 Å². The molecule has 2 atom stereocenters. The van der Waals surface area contributed by atoms with Gasteiger partial charge in [-0.25, -0.2) is 4.79 Å². The van der Waals surface area contributed by atoms with Crippen molar-refractivity contribution < 1.29 is 9.47 Å². The molecule has 3 heterocycles. The topological polar surface area (TPSA) is 108 Å². The van der Waals surface area contributed by atoms with Gasteiger partial charge in [-0.1, -0.05) is 13.3 Å². The van der Waals surface area contributed by atoms with Gasteiger partial charge in [0.05, 0.1) is 6.10 Å². The maximum Gasteiger partial charge on any atom is 0.327 e. The molecule has 0 radical (unpaired) electrons. The standard InChI is InChI=1S/C16H25N5O3/c1-3-4-10(2)24-15-19-13(17)12-14(20-15)21(16(22)18-12)7-5-11-6-8-23-9-11/h10-11H,3-9H2,1-2H3,(H,18,22)(H2,17,19,20)/t10-,11+/m1/s1. The van der Waals surface area contributed by atoms with E-state index in [1.807, 2.05) is 6.92 Å². The molecule has 0 bridgehead atoms. The van der Waals surface area contributed by atoms with Gasteiger partial charge in [0, 0.05) is 19.8 Å². The Kier molecular flexibility index (Phi) is 5.03. The Labute approximate surface area is 140 Å². The largest absolute Gasteiger partial charge is 0.460 e. The number of nitrogen functional groups attached to an aromatic ring is 1. The molecule has 0 saturated carbocycles. The van der Waals surface area contributed by atoms with E-state index in [2.05, 4.69) is 21.9 Å². The van der Waals surface area contributed by atoms with Crippen LogP contribution in [0.2, 0.25) is 0 Å². The van der Waals surface area contributed by atoms with Gasteiger partial charge in [0.2, 0.25) is 0 Å². The summed E-state index contributed by atoms with van der Waals surface area (Å²) in [7, 11) is 0. The van der Waals surface area contributed by atoms with E-state index in [0.29, 0.717) is 23.6 Å². The number of nitrogens with two attached hydrogens (primary N) is 1. The summed E-state index contributed by atoms with van der Waals surface area (Å²) in [5.41, 5.74) is 6.73. The normalized spacial score (nSPS) is 19.0. The van der Waals surface area contributed by atoms with Crippen molar-refractivity contribution in [3.63, 3.8) is 0 Å². The van der Waals surface area contributed by atoms with E-state index < -0.39 is 0 Å². The van der Waals surface area contributed by atoms with Gasteiger partial charge in [0.15, 0.2) is 11.5 Å². The number of ether oxygens (including phenoxy) is 2. The lowest BCUT2D eigenvalue weighted by Crippen LogP contribution is -2.19. The fourth-order valence-electron chi connectivity index (χ4n) is 3.06. The SMILES string of the molecule is CCC[C@@H](C)Oc1nc(N)c2[nH]c(=O)n(CC[C@H]3CCOC3)c2n1. The van der Waals surface area contributed by atoms with Gasteiger partial charge in [-0.15, -0.1) is 0 Å². The van der Waals surface area contributed by atoms with Crippen LogP contribution < -0.4 is 16.2 Å². The number of hydrogen-bond acceptors (Lipinski definition) is 6. The highest BCUT2D eigenvalue weighted by molar-refractivity contribution is 5.81. The monoisotopic (exact) mass is 335 g/mol. The fourth-order valence-corrected chi connectivity index (χ4v) is 3.06. The first-order chi connectivity index (χ1) is 11.6. The molecule has 8 heteroatoms. The summed E-state index contributed by atoms with van der Waals surface area (Å²) >= 11 is 0. The van der Waals surface area contributed by atoms with Crippen LogP contribution in [0.15, 0.2) is 4.79 Å². The molecule has 8 nitrogen and oxygen atoms in total. The quantitative estimate of drug-likeness (QED) is 0.797. The van der Waals surface area contributed by atoms with Crippen LogP contribution in [0.4, 0.5) is 5.82 Å². The Morgan fingerprint density at radius 1 is 1.50 bits per heavy atom. The molecule has 1 aliphatic rings. The molecule has 1 fully saturated rings. The first kappa shape index (κ1) is 16.8. The second kappa shape index (κ2) is 7.21. The molecule has 2 aromatic rings. The van der Waals surface area contributed by atoms with Crippen LogP contribution in [0.25, 0.3) is 11.2 Å². The van der Waals surface area contributed by atoms with Gasteiger partial charge in [-0.3, -0.25) is 4.57 Å². The number of aryl methyl sites for hydroxylation is 1. The number of rotatable bonds is 7. The maximum absolute atomic E-state index is 12.2. The van der Waals surface area contributed by atoms with E-state index in [9.17, 15) is 4.79 Å². The fraction of sp³-hybridized carbons (Fsp3) is 0.688. The first-order valence-corrected chi connectivity index (χ1v) is 8.59. The van der Waals surface area contributed by atoms with Crippen molar-refractivity contribution >= 4 is 17.0 Å². The van der Waals surface area contributed by atoms with Crippen molar-refractivity contribution in [2.75, 3.05) is 18.9 Å². The van der Waals surface area contributed by atoms with Crippen molar-refractivity contribution in [3.8, 4) is 6.01 Å². The predicted octanol–water partition coefficient (Wildman–Crippen LogP) is 1.70. The van der Waals surface area contributed by atoms with Crippen molar-refractivity contribution in [3.05, 3.63) is 10.5 Å². The van der Waals surface area contributed by atoms with Gasteiger partial charge in [-0.05, 0) is 32.1 Å². The van der Waals surface area contributed by atoms with Crippen molar-refractivity contribution in [2.45, 2.75) is 52.2 Å². The molecule has 2 aromatic heterocycles. The molecule has 3 N–H and O–H groups in total. The maximum atomic E-state index is 12.2. The number of aromatic nitrogens is 4. The molecule has 3 rings (SSSR count). The molecule has 24 heavy (non-hydrogen) atoms. The molecule has 0 amide bonds. The van der Waals surface area contributed by atoms with Crippen LogP contribution in [0.1, 0.15) is 39.5 Å². The average molecular weight is 335 g/mol. The number of hydrogen-bond donors (Lipinski definition) is 2. The Bertz CT molecular complexity index is 748. The summed E-state index contributed by atoms with van der Waals surface area (Å²) in [5.74, 6) is 0.722. The summed E-state index contributed by atoms with van der Waals surface area (Å²) in [5, 5.41) is 0. The number of imidazole rings is 1. The Morgan fingerprint density at radius 2 is 2.33 bits per heavy atom. The summed E-state index contributed by atoms with van der Waals surface area (Å²) in [6, 6.07) is 0.220. The lowest BCUT2D eigenvalue weighted by atomic mass is 10.1. The van der Waals surface area contributed by atoms with E-state index >= 15 is 0 Å². The van der Waals surface area contributed by atoms with Crippen LogP contribution in [0, 0.1) is 5.92 Å². The van der Waals surface area contributed by atoms with Gasteiger partial charge >= 0.3 is 11.7 Å². The summed E-state index contributed by atoms with van der Waals surface area (Å²) in [4.78, 5) is 23.6. The molecule has 0 unspecified atom stereocenters. The number of aromatic amines is 1. The zero-order valence-electron chi connectivity index (χ0n) is 14.2. The van der Waals surface area contributed by atoms with Gasteiger partial charge in [-0.2, -0.15) is 9.97 Å². The average Bonchev–Trinajstić information content (AvgIpc) is 3.14. The second-order valence-corrected chi connectivity index (χ2v) is 6.41. The highest BCUT2D eigenvalue weighted by atomic mass is 16.5. The van der Waals surface area contributed by atoms with Crippen molar-refractivity contribution in [1.29, 1.82) is 0 Å². The number of nitrogens with zero attached hydrogens (tertiary/aromatic N) is 3. The molecule has 132 valence electrons. The molecule has 0 spiro atoms. The number of H-pyrrole nitrogens is 1. The van der Waals surface area contributed by atoms with E-state index in [0.717, 1.165) is 38.9 Å². The third kappa shape index (κ3) is 3.53. The van der Waals surface area contributed by atoms with Crippen LogP contribution in [0.3, 0.4) is 0 Å². The van der Waals surface area contributed by atoms with E-state index in [1.165, 1.54) is 0 Å². The summed E-state index contributed by atoms with van der Waals surface area (Å²) in [6.45, 7) is 6.20. The Morgan fingerprint density at radius 3 is 3.04 bits per heavy atom. The van der Waals surface area contributed by atoms with Crippen LogP contribution in [-0.4, -0.2) is 38.8 Å². The predicted molar refractivity (Wildman–Crippen MR) is 91.1 cm³/mol. The molecular weight excluding hydrogens is 310 g/mol. The van der Waals surface area contributed by atoms with Gasteiger partial charge in [0.1, 0.15) is 5.52 Å². The van der Waals surface area contributed by atoms with E-state index in [-0.39, 0.29) is 23.6 Å². The molecule has 1 aliphatic heterocycles. The highest BCUT2D eigenvalue weighted by Crippen LogP contribution is 2.21. The van der Waals surface area contributed by atoms with Gasteiger partial charge < -0.3 is 20.2 Å². The zero-order valence-corrected chi connectivity index (χ0v) is 14.2. The summed E-state index contributed by atoms with van der Waals surface area (Å²) < 4.78 is 12.7. The Hall–Kier alpha value is -2.09. The molecule has 1 saturated heterocycles. The molecule has 0 aliphatic carbocycles. The third-order valence-corrected chi connectivity index (χ3v) is 4.42. The van der Waals surface area contributed by atoms with Crippen LogP contribution >= 0.6 is 0 Å². The number of nitrogens with one attached hydrogen (secondary N) is 1. The number of anilines is 1. The lowest BCUT2D eigenvalue weighted by Gasteiger charge is -2.13. The van der Waals surface area contributed by atoms with E-state index in [4.69, 9.17) is 15.2 Å². The minimum Gasteiger partial charge on any atom is -0.460 e. The van der Waals surface area contributed by atoms with E-state index in [1.54, 1.807) is 4.57 Å². The first-order valence-electron chi connectivity index (χ1n) is 8.59. The molecule has 0 aromatic carbocycles. The summed E-state index contributed by atoms with van der Waals surface area (Å²) in [6.07, 6.45) is 3.83. The smallest absolute Gasteiger partial charge is 0.327 e. The second-order valence-electron chi connectivity index (χ2n) is 6.41. The lowest BCUT2D eigenvalue weighted by molar-refractivity contribution is 0.183. The van der Waals surface area contributed by atoms with Crippen molar-refractivity contribution in [1.82, 2.24) is 19.5 Å². The minimum atomic E-state index is -0.219. The zero-order chi connectivity index (χ0) is 17.1. The highest BCUT2D eigenvalue weighted by Gasteiger charge is 2.19. The Balaban J connectivity index is 1.86. The van der Waals surface area contributed by atoms with Crippen LogP contribution in [0.5, 0.6) is 6.01 Å². The van der Waals surface area contributed by atoms with Gasteiger partial charge in [0.25, 0.3) is 0 Å². The minimum absolute atomic E-state index is 0.00148. The molecular formula is C16H25N5O3.